The molecule has 34 heavy (non-hydrogen) atoms. The summed E-state index contributed by atoms with van der Waals surface area (Å²) in [5.74, 6) is -0.0869. The number of fused-ring (bicyclic) bond motifs is 1. The van der Waals surface area contributed by atoms with Crippen LogP contribution in [0, 0.1) is 11.7 Å². The van der Waals surface area contributed by atoms with Gasteiger partial charge in [-0.2, -0.15) is 4.31 Å². The monoisotopic (exact) mass is 491 g/mol. The van der Waals surface area contributed by atoms with E-state index in [0.29, 0.717) is 43.2 Å². The molecule has 0 unspecified atom stereocenters. The molecule has 0 aromatic heterocycles. The van der Waals surface area contributed by atoms with E-state index in [1.54, 1.807) is 18.2 Å². The van der Waals surface area contributed by atoms with Crippen molar-refractivity contribution in [2.45, 2.75) is 24.2 Å². The van der Waals surface area contributed by atoms with Crippen LogP contribution in [0.1, 0.15) is 19.3 Å². The quantitative estimate of drug-likeness (QED) is 0.614. The summed E-state index contributed by atoms with van der Waals surface area (Å²) in [5.41, 5.74) is 0.579. The molecule has 0 aliphatic carbocycles. The molecule has 9 nitrogen and oxygen atoms in total. The highest BCUT2D eigenvalue weighted by Gasteiger charge is 2.32. The van der Waals surface area contributed by atoms with E-state index >= 15 is 0 Å². The predicted octanol–water partition coefficient (Wildman–Crippen LogP) is 2.14. The fourth-order valence-corrected chi connectivity index (χ4v) is 5.37. The van der Waals surface area contributed by atoms with Gasteiger partial charge in [-0.15, -0.1) is 0 Å². The van der Waals surface area contributed by atoms with Gasteiger partial charge >= 0.3 is 0 Å². The van der Waals surface area contributed by atoms with Crippen molar-refractivity contribution in [3.05, 3.63) is 48.3 Å². The summed E-state index contributed by atoms with van der Waals surface area (Å²) in [7, 11) is -3.73. The van der Waals surface area contributed by atoms with E-state index in [1.165, 1.54) is 16.4 Å². The van der Waals surface area contributed by atoms with Crippen LogP contribution in [0.25, 0.3) is 0 Å². The number of piperidine rings is 1. The molecule has 0 spiro atoms. The summed E-state index contributed by atoms with van der Waals surface area (Å²) in [4.78, 5) is 24.7. The molecule has 2 aromatic rings. The number of carbonyl (C=O) groups is 2. The van der Waals surface area contributed by atoms with Crippen molar-refractivity contribution >= 4 is 27.5 Å². The maximum Gasteiger partial charge on any atom is 0.243 e. The Hall–Kier alpha value is -3.18. The van der Waals surface area contributed by atoms with Gasteiger partial charge in [-0.25, -0.2) is 12.8 Å². The first-order chi connectivity index (χ1) is 16.3. The fraction of sp³-hybridized carbons (Fsp3) is 0.391. The molecule has 11 heteroatoms. The number of nitrogens with zero attached hydrogens (tertiary/aromatic N) is 1. The topological polar surface area (TPSA) is 114 Å². The van der Waals surface area contributed by atoms with Gasteiger partial charge in [0.05, 0.1) is 4.90 Å². The molecule has 1 fully saturated rings. The molecule has 1 saturated heterocycles. The number of hydrogen-bond donors (Lipinski definition) is 2. The molecule has 0 saturated carbocycles. The molecule has 2 aromatic carbocycles. The lowest BCUT2D eigenvalue weighted by Crippen LogP contribution is -2.43. The van der Waals surface area contributed by atoms with Gasteiger partial charge in [0.1, 0.15) is 19.0 Å². The van der Waals surface area contributed by atoms with Crippen LogP contribution < -0.4 is 20.1 Å². The van der Waals surface area contributed by atoms with Gasteiger partial charge < -0.3 is 20.1 Å². The Morgan fingerprint density at radius 1 is 1.00 bits per heavy atom. The second kappa shape index (κ2) is 10.4. The molecular formula is C23H26FN3O6S. The lowest BCUT2D eigenvalue weighted by Gasteiger charge is -2.30. The smallest absolute Gasteiger partial charge is 0.243 e. The van der Waals surface area contributed by atoms with Crippen LogP contribution in [0.4, 0.5) is 10.1 Å². The number of anilines is 1. The molecule has 0 atom stereocenters. The Labute approximate surface area is 197 Å². The van der Waals surface area contributed by atoms with E-state index in [2.05, 4.69) is 10.6 Å². The molecular weight excluding hydrogens is 465 g/mol. The summed E-state index contributed by atoms with van der Waals surface area (Å²) in [6.07, 6.45) is 0.837. The average molecular weight is 492 g/mol. The third-order valence-electron chi connectivity index (χ3n) is 5.75. The minimum absolute atomic E-state index is 0.0285. The number of nitrogens with one attached hydrogen (secondary N) is 2. The Morgan fingerprint density at radius 2 is 1.68 bits per heavy atom. The normalized spacial score (nSPS) is 16.6. The molecule has 2 amide bonds. The number of halogens is 1. The number of ether oxygens (including phenoxy) is 2. The van der Waals surface area contributed by atoms with Crippen LogP contribution in [0.15, 0.2) is 47.4 Å². The zero-order valence-corrected chi connectivity index (χ0v) is 19.3. The largest absolute Gasteiger partial charge is 0.486 e. The van der Waals surface area contributed by atoms with Crippen LogP contribution in [-0.4, -0.2) is 57.4 Å². The predicted molar refractivity (Wildman–Crippen MR) is 122 cm³/mol. The summed E-state index contributed by atoms with van der Waals surface area (Å²) < 4.78 is 50.7. The molecule has 0 radical (unpaired) electrons. The van der Waals surface area contributed by atoms with E-state index in [1.807, 2.05) is 0 Å². The third kappa shape index (κ3) is 5.65. The molecule has 2 aliphatic rings. The summed E-state index contributed by atoms with van der Waals surface area (Å²) >= 11 is 0. The summed E-state index contributed by atoms with van der Waals surface area (Å²) in [5, 5.41) is 5.52. The first-order valence-corrected chi connectivity index (χ1v) is 12.5. The van der Waals surface area contributed by atoms with Crippen LogP contribution >= 0.6 is 0 Å². The highest BCUT2D eigenvalue weighted by molar-refractivity contribution is 7.89. The van der Waals surface area contributed by atoms with Crippen molar-refractivity contribution in [1.82, 2.24) is 9.62 Å². The lowest BCUT2D eigenvalue weighted by molar-refractivity contribution is -0.126. The van der Waals surface area contributed by atoms with Crippen LogP contribution in [-0.2, 0) is 19.6 Å². The van der Waals surface area contributed by atoms with E-state index in [9.17, 15) is 22.4 Å². The van der Waals surface area contributed by atoms with E-state index in [4.69, 9.17) is 9.47 Å². The van der Waals surface area contributed by atoms with Gasteiger partial charge in [0.25, 0.3) is 0 Å². The van der Waals surface area contributed by atoms with Crippen LogP contribution in [0.2, 0.25) is 0 Å². The maximum absolute atomic E-state index is 13.1. The van der Waals surface area contributed by atoms with Crippen molar-refractivity contribution in [3.8, 4) is 11.5 Å². The minimum atomic E-state index is -3.73. The first-order valence-electron chi connectivity index (χ1n) is 11.1. The highest BCUT2D eigenvalue weighted by atomic mass is 32.2. The van der Waals surface area contributed by atoms with Gasteiger partial charge in [0.2, 0.25) is 21.8 Å². The zero-order valence-electron chi connectivity index (χ0n) is 18.5. The van der Waals surface area contributed by atoms with Crippen molar-refractivity contribution in [3.63, 3.8) is 0 Å². The number of hydrogen-bond acceptors (Lipinski definition) is 6. The highest BCUT2D eigenvalue weighted by Crippen LogP contribution is 2.32. The third-order valence-corrected chi connectivity index (χ3v) is 7.67. The average Bonchev–Trinajstić information content (AvgIpc) is 2.84. The fourth-order valence-electron chi connectivity index (χ4n) is 3.90. The van der Waals surface area contributed by atoms with Crippen molar-refractivity contribution in [2.24, 2.45) is 5.92 Å². The number of rotatable bonds is 7. The zero-order chi connectivity index (χ0) is 24.1. The number of carbonyl (C=O) groups excluding carboxylic acids is 2. The van der Waals surface area contributed by atoms with E-state index < -0.39 is 15.8 Å². The van der Waals surface area contributed by atoms with E-state index in [0.717, 1.165) is 12.1 Å². The minimum Gasteiger partial charge on any atom is -0.486 e. The van der Waals surface area contributed by atoms with Crippen molar-refractivity contribution in [2.75, 3.05) is 38.2 Å². The standard InChI is InChI=1S/C23H26FN3O6S/c24-17-1-4-19(5-2-17)34(30,31)27-11-8-16(9-12-27)23(29)25-10-7-22(28)26-18-3-6-20-21(15-18)33-14-13-32-20/h1-6,15-16H,7-14H2,(H,25,29)(H,26,28). The first kappa shape index (κ1) is 24.0. The molecule has 0 bridgehead atoms. The van der Waals surface area contributed by atoms with Gasteiger partial charge in [0, 0.05) is 43.7 Å². The molecule has 2 aliphatic heterocycles. The van der Waals surface area contributed by atoms with Gasteiger partial charge in [-0.3, -0.25) is 9.59 Å². The maximum atomic E-state index is 13.1. The second-order valence-electron chi connectivity index (χ2n) is 8.08. The number of benzene rings is 2. The summed E-state index contributed by atoms with van der Waals surface area (Å²) in [6, 6.07) is 9.83. The van der Waals surface area contributed by atoms with Gasteiger partial charge in [-0.05, 0) is 49.2 Å². The number of sulfonamides is 1. The molecule has 4 rings (SSSR count). The summed E-state index contributed by atoms with van der Waals surface area (Å²) in [6.45, 7) is 1.50. The Bertz CT molecular complexity index is 1150. The second-order valence-corrected chi connectivity index (χ2v) is 10.0. The number of amides is 2. The van der Waals surface area contributed by atoms with Gasteiger partial charge in [0.15, 0.2) is 11.5 Å². The van der Waals surface area contributed by atoms with Crippen molar-refractivity contribution in [1.29, 1.82) is 0 Å². The molecule has 182 valence electrons. The van der Waals surface area contributed by atoms with Gasteiger partial charge in [-0.1, -0.05) is 0 Å². The van der Waals surface area contributed by atoms with E-state index in [-0.39, 0.29) is 48.7 Å². The molecule has 2 N–H and O–H groups in total. The Kier molecular flexibility index (Phi) is 7.32. The Morgan fingerprint density at radius 3 is 2.38 bits per heavy atom. The van der Waals surface area contributed by atoms with Crippen molar-refractivity contribution < 1.29 is 31.9 Å². The SMILES string of the molecule is O=C(CCNC(=O)C1CCN(S(=O)(=O)c2ccc(F)cc2)CC1)Nc1ccc2c(c1)OCCO2. The lowest BCUT2D eigenvalue weighted by atomic mass is 9.97. The van der Waals surface area contributed by atoms with Crippen LogP contribution in [0.3, 0.4) is 0 Å². The Balaban J connectivity index is 1.20. The van der Waals surface area contributed by atoms with Crippen LogP contribution in [0.5, 0.6) is 11.5 Å². The molecule has 2 heterocycles.